The van der Waals surface area contributed by atoms with Crippen LogP contribution in [0.1, 0.15) is 11.1 Å². The molecule has 0 atom stereocenters. The minimum atomic E-state index is 0.478. The summed E-state index contributed by atoms with van der Waals surface area (Å²) in [5.74, 6) is 1.14. The number of hydrogen-bond acceptors (Lipinski definition) is 6. The van der Waals surface area contributed by atoms with Gasteiger partial charge in [-0.05, 0) is 35.9 Å². The molecule has 0 aliphatic heterocycles. The standard InChI is InChI=1S/C17H11N5OS/c18-8-11-2-1-3-12(6-11)10-24-17-22-21-16(23-17)13-4-5-15-14(7-13)9-19-20-15/h1-7,9H,10H2,(H,19,20). The lowest BCUT2D eigenvalue weighted by Gasteiger charge is -1.98. The number of hydrogen-bond donors (Lipinski definition) is 1. The van der Waals surface area contributed by atoms with Crippen LogP contribution in [0.25, 0.3) is 22.4 Å². The van der Waals surface area contributed by atoms with E-state index in [4.69, 9.17) is 9.68 Å². The molecular formula is C17H11N5OS. The highest BCUT2D eigenvalue weighted by atomic mass is 32.2. The van der Waals surface area contributed by atoms with Gasteiger partial charge in [0, 0.05) is 16.7 Å². The number of H-pyrrole nitrogens is 1. The Labute approximate surface area is 141 Å². The highest BCUT2D eigenvalue weighted by Gasteiger charge is 2.10. The van der Waals surface area contributed by atoms with Gasteiger partial charge in [-0.1, -0.05) is 23.9 Å². The highest BCUT2D eigenvalue weighted by molar-refractivity contribution is 7.98. The SMILES string of the molecule is N#Cc1cccc(CSc2nnc(-c3ccc4[nH]ncc4c3)o2)c1. The van der Waals surface area contributed by atoms with Crippen molar-refractivity contribution < 1.29 is 4.42 Å². The Morgan fingerprint density at radius 2 is 2.12 bits per heavy atom. The summed E-state index contributed by atoms with van der Waals surface area (Å²) in [6.07, 6.45) is 1.76. The van der Waals surface area contributed by atoms with Crippen LogP contribution in [-0.2, 0) is 5.75 Å². The van der Waals surface area contributed by atoms with Crippen molar-refractivity contribution in [2.24, 2.45) is 0 Å². The van der Waals surface area contributed by atoms with Crippen molar-refractivity contribution in [3.8, 4) is 17.5 Å². The Morgan fingerprint density at radius 1 is 1.17 bits per heavy atom. The fraction of sp³-hybridized carbons (Fsp3) is 0.0588. The Balaban J connectivity index is 1.51. The lowest BCUT2D eigenvalue weighted by atomic mass is 10.1. The number of nitrogens with zero attached hydrogens (tertiary/aromatic N) is 4. The zero-order chi connectivity index (χ0) is 16.4. The second kappa shape index (κ2) is 6.18. The van der Waals surface area contributed by atoms with Crippen LogP contribution in [0.5, 0.6) is 0 Å². The largest absolute Gasteiger partial charge is 0.411 e. The summed E-state index contributed by atoms with van der Waals surface area (Å²) in [5, 5.41) is 25.5. The molecule has 4 aromatic rings. The van der Waals surface area contributed by atoms with E-state index in [2.05, 4.69) is 26.5 Å². The van der Waals surface area contributed by atoms with E-state index < -0.39 is 0 Å². The van der Waals surface area contributed by atoms with Crippen molar-refractivity contribution >= 4 is 22.7 Å². The van der Waals surface area contributed by atoms with Crippen molar-refractivity contribution in [1.82, 2.24) is 20.4 Å². The van der Waals surface area contributed by atoms with Crippen molar-refractivity contribution in [1.29, 1.82) is 5.26 Å². The van der Waals surface area contributed by atoms with Gasteiger partial charge in [0.15, 0.2) is 0 Å². The van der Waals surface area contributed by atoms with Crippen LogP contribution in [0.15, 0.2) is 58.3 Å². The Bertz CT molecular complexity index is 1050. The van der Waals surface area contributed by atoms with Gasteiger partial charge >= 0.3 is 0 Å². The number of aromatic nitrogens is 4. The number of benzene rings is 2. The van der Waals surface area contributed by atoms with Crippen molar-refractivity contribution in [3.63, 3.8) is 0 Å². The molecule has 24 heavy (non-hydrogen) atoms. The smallest absolute Gasteiger partial charge is 0.277 e. The molecule has 0 spiro atoms. The number of rotatable bonds is 4. The van der Waals surface area contributed by atoms with Crippen LogP contribution < -0.4 is 0 Å². The lowest BCUT2D eigenvalue weighted by Crippen LogP contribution is -1.82. The molecule has 4 rings (SSSR count). The minimum absolute atomic E-state index is 0.478. The minimum Gasteiger partial charge on any atom is -0.411 e. The van der Waals surface area contributed by atoms with Crippen LogP contribution in [0.4, 0.5) is 0 Å². The van der Waals surface area contributed by atoms with Crippen LogP contribution in [0.3, 0.4) is 0 Å². The van der Waals surface area contributed by atoms with Crippen LogP contribution in [0, 0.1) is 11.3 Å². The van der Waals surface area contributed by atoms with E-state index in [0.29, 0.717) is 22.4 Å². The number of nitrogens with one attached hydrogen (secondary N) is 1. The van der Waals surface area contributed by atoms with E-state index in [0.717, 1.165) is 22.0 Å². The first-order valence-electron chi connectivity index (χ1n) is 7.21. The lowest BCUT2D eigenvalue weighted by molar-refractivity contribution is 0.466. The normalized spacial score (nSPS) is 10.8. The number of aromatic amines is 1. The number of thioether (sulfide) groups is 1. The van der Waals surface area contributed by atoms with Crippen LogP contribution in [-0.4, -0.2) is 20.4 Å². The molecular weight excluding hydrogens is 322 g/mol. The molecule has 2 heterocycles. The van der Waals surface area contributed by atoms with E-state index in [9.17, 15) is 0 Å². The van der Waals surface area contributed by atoms with Gasteiger partial charge in [0.25, 0.3) is 5.22 Å². The predicted octanol–water partition coefficient (Wildman–Crippen LogP) is 3.78. The van der Waals surface area contributed by atoms with Crippen molar-refractivity contribution in [2.75, 3.05) is 0 Å². The van der Waals surface area contributed by atoms with Gasteiger partial charge in [0.1, 0.15) is 0 Å². The topological polar surface area (TPSA) is 91.4 Å². The van der Waals surface area contributed by atoms with Gasteiger partial charge in [-0.25, -0.2) is 0 Å². The van der Waals surface area contributed by atoms with Gasteiger partial charge in [-0.3, -0.25) is 5.10 Å². The quantitative estimate of drug-likeness (QED) is 0.571. The molecule has 1 N–H and O–H groups in total. The zero-order valence-corrected chi connectivity index (χ0v) is 13.2. The first-order chi connectivity index (χ1) is 11.8. The third-order valence-electron chi connectivity index (χ3n) is 3.51. The Morgan fingerprint density at radius 3 is 3.04 bits per heavy atom. The molecule has 0 unspecified atom stereocenters. The fourth-order valence-corrected chi connectivity index (χ4v) is 3.04. The summed E-state index contributed by atoms with van der Waals surface area (Å²) < 4.78 is 5.72. The molecule has 7 heteroatoms. The van der Waals surface area contributed by atoms with Crippen LogP contribution in [0.2, 0.25) is 0 Å². The molecule has 6 nitrogen and oxygen atoms in total. The maximum Gasteiger partial charge on any atom is 0.277 e. The molecule has 0 saturated heterocycles. The first kappa shape index (κ1) is 14.5. The second-order valence-electron chi connectivity index (χ2n) is 5.15. The third-order valence-corrected chi connectivity index (χ3v) is 4.40. The monoisotopic (exact) mass is 333 g/mol. The van der Waals surface area contributed by atoms with Crippen molar-refractivity contribution in [2.45, 2.75) is 11.0 Å². The molecule has 116 valence electrons. The molecule has 0 aliphatic carbocycles. The summed E-state index contributed by atoms with van der Waals surface area (Å²) in [5.41, 5.74) is 3.51. The molecule has 0 radical (unpaired) electrons. The Kier molecular flexibility index (Phi) is 3.73. The molecule has 0 bridgehead atoms. The summed E-state index contributed by atoms with van der Waals surface area (Å²) in [6, 6.07) is 15.4. The maximum atomic E-state index is 8.93. The van der Waals surface area contributed by atoms with Gasteiger partial charge in [-0.15, -0.1) is 10.2 Å². The fourth-order valence-electron chi connectivity index (χ4n) is 2.34. The van der Waals surface area contributed by atoms with Gasteiger partial charge in [-0.2, -0.15) is 10.4 Å². The summed E-state index contributed by atoms with van der Waals surface area (Å²) in [7, 11) is 0. The van der Waals surface area contributed by atoms with Gasteiger partial charge < -0.3 is 4.42 Å². The van der Waals surface area contributed by atoms with Gasteiger partial charge in [0.2, 0.25) is 5.89 Å². The van der Waals surface area contributed by atoms with E-state index in [1.165, 1.54) is 11.8 Å². The van der Waals surface area contributed by atoms with E-state index in [-0.39, 0.29) is 0 Å². The molecule has 2 aromatic carbocycles. The first-order valence-corrected chi connectivity index (χ1v) is 8.19. The Hall–Kier alpha value is -3.11. The number of fused-ring (bicyclic) bond motifs is 1. The third kappa shape index (κ3) is 2.87. The van der Waals surface area contributed by atoms with Gasteiger partial charge in [0.05, 0.1) is 23.3 Å². The molecule has 2 aromatic heterocycles. The van der Waals surface area contributed by atoms with Crippen molar-refractivity contribution in [3.05, 3.63) is 59.8 Å². The average molecular weight is 333 g/mol. The van der Waals surface area contributed by atoms with E-state index in [1.807, 2.05) is 36.4 Å². The summed E-state index contributed by atoms with van der Waals surface area (Å²) in [6.45, 7) is 0. The summed E-state index contributed by atoms with van der Waals surface area (Å²) in [4.78, 5) is 0. The highest BCUT2D eigenvalue weighted by Crippen LogP contribution is 2.27. The predicted molar refractivity (Wildman–Crippen MR) is 90.1 cm³/mol. The number of nitriles is 1. The maximum absolute atomic E-state index is 8.93. The molecule has 0 amide bonds. The van der Waals surface area contributed by atoms with E-state index in [1.54, 1.807) is 12.3 Å². The zero-order valence-electron chi connectivity index (χ0n) is 12.4. The average Bonchev–Trinajstić information content (AvgIpc) is 3.28. The molecule has 0 saturated carbocycles. The molecule has 0 fully saturated rings. The molecule has 0 aliphatic rings. The summed E-state index contributed by atoms with van der Waals surface area (Å²) >= 11 is 1.45. The second-order valence-corrected chi connectivity index (χ2v) is 6.07. The van der Waals surface area contributed by atoms with E-state index >= 15 is 0 Å². The van der Waals surface area contributed by atoms with Crippen LogP contribution >= 0.6 is 11.8 Å².